The predicted octanol–water partition coefficient (Wildman–Crippen LogP) is 2.28. The summed E-state index contributed by atoms with van der Waals surface area (Å²) in [6, 6.07) is 10.5. The van der Waals surface area contributed by atoms with Crippen LogP contribution in [0.4, 0.5) is 0 Å². The Morgan fingerprint density at radius 3 is 2.66 bits per heavy atom. The van der Waals surface area contributed by atoms with E-state index in [0.717, 1.165) is 48.0 Å². The summed E-state index contributed by atoms with van der Waals surface area (Å²) >= 11 is 2.88. The number of aromatic nitrogens is 2. The summed E-state index contributed by atoms with van der Waals surface area (Å²) in [5.41, 5.74) is 2.27. The molecule has 0 atom stereocenters. The molecule has 0 unspecified atom stereocenters. The zero-order valence-corrected chi connectivity index (χ0v) is 20.2. The molecule has 2 aromatic heterocycles. The first-order valence-corrected chi connectivity index (χ1v) is 12.7. The van der Waals surface area contributed by atoms with Crippen molar-refractivity contribution in [3.05, 3.63) is 69.3 Å². The van der Waals surface area contributed by atoms with Crippen LogP contribution in [0.15, 0.2) is 52.9 Å². The SMILES string of the molecule is C=CCn1c(SCC(=O)N2CC[NH+](Cc3ccccc3)CC2)nc2sc(C)c(C)c2c1=O. The standard InChI is InChI=1S/C24H28N4O2S2/c1-4-10-28-23(30)21-17(2)18(3)32-22(21)25-24(28)31-16-20(29)27-13-11-26(12-14-27)15-19-8-6-5-7-9-19/h4-9H,1,10-16H2,2-3H3/p+1. The van der Waals surface area contributed by atoms with Crippen LogP contribution in [0.5, 0.6) is 0 Å². The zero-order valence-electron chi connectivity index (χ0n) is 18.6. The fourth-order valence-electron chi connectivity index (χ4n) is 4.06. The largest absolute Gasteiger partial charge is 0.331 e. The number of nitrogens with one attached hydrogen (secondary N) is 1. The van der Waals surface area contributed by atoms with Crippen LogP contribution >= 0.6 is 23.1 Å². The molecule has 6 nitrogen and oxygen atoms in total. The average Bonchev–Trinajstić information content (AvgIpc) is 3.09. The number of carbonyl (C=O) groups excluding carboxylic acids is 1. The van der Waals surface area contributed by atoms with Gasteiger partial charge in [0.25, 0.3) is 5.56 Å². The number of hydrogen-bond acceptors (Lipinski definition) is 5. The van der Waals surface area contributed by atoms with E-state index in [1.807, 2.05) is 24.8 Å². The van der Waals surface area contributed by atoms with Gasteiger partial charge in [-0.05, 0) is 19.4 Å². The van der Waals surface area contributed by atoms with Crippen molar-refractivity contribution in [1.29, 1.82) is 0 Å². The molecule has 1 amide bonds. The maximum absolute atomic E-state index is 13.1. The van der Waals surface area contributed by atoms with Gasteiger partial charge < -0.3 is 9.80 Å². The second-order valence-corrected chi connectivity index (χ2v) is 10.3. The van der Waals surface area contributed by atoms with Gasteiger partial charge in [0.05, 0.1) is 37.3 Å². The van der Waals surface area contributed by atoms with Crippen LogP contribution in [-0.2, 0) is 17.9 Å². The first kappa shape index (κ1) is 22.8. The minimum Gasteiger partial charge on any atom is -0.331 e. The van der Waals surface area contributed by atoms with E-state index in [-0.39, 0.29) is 17.2 Å². The van der Waals surface area contributed by atoms with E-state index in [2.05, 4.69) is 30.8 Å². The van der Waals surface area contributed by atoms with E-state index < -0.39 is 0 Å². The van der Waals surface area contributed by atoms with Gasteiger partial charge in [-0.1, -0.05) is 48.2 Å². The maximum atomic E-state index is 13.1. The van der Waals surface area contributed by atoms with Crippen LogP contribution in [0.25, 0.3) is 10.2 Å². The van der Waals surface area contributed by atoms with Crippen molar-refractivity contribution in [2.24, 2.45) is 0 Å². The minimum atomic E-state index is -0.0511. The number of benzene rings is 1. The third-order valence-corrected chi connectivity index (χ3v) is 8.07. The number of aryl methyl sites for hydroxylation is 2. The zero-order chi connectivity index (χ0) is 22.7. The van der Waals surface area contributed by atoms with Crippen molar-refractivity contribution < 1.29 is 9.69 Å². The average molecular weight is 470 g/mol. The quantitative estimate of drug-likeness (QED) is 0.328. The lowest BCUT2D eigenvalue weighted by molar-refractivity contribution is -0.917. The number of carbonyl (C=O) groups is 1. The predicted molar refractivity (Wildman–Crippen MR) is 132 cm³/mol. The van der Waals surface area contributed by atoms with E-state index in [1.165, 1.54) is 33.6 Å². The molecule has 0 bridgehead atoms. The topological polar surface area (TPSA) is 59.6 Å². The third kappa shape index (κ3) is 4.82. The molecule has 0 aliphatic carbocycles. The van der Waals surface area contributed by atoms with E-state index in [1.54, 1.807) is 10.6 Å². The fraction of sp³-hybridized carbons (Fsp3) is 0.375. The number of nitrogens with zero attached hydrogens (tertiary/aromatic N) is 3. The van der Waals surface area contributed by atoms with Crippen LogP contribution in [0, 0.1) is 13.8 Å². The number of allylic oxidation sites excluding steroid dienone is 1. The molecule has 1 aromatic carbocycles. The minimum absolute atomic E-state index is 0.0511. The normalized spacial score (nSPS) is 14.8. The number of quaternary nitrogens is 1. The highest BCUT2D eigenvalue weighted by atomic mass is 32.2. The van der Waals surface area contributed by atoms with Crippen LogP contribution in [0.2, 0.25) is 0 Å². The third-order valence-electron chi connectivity index (χ3n) is 6.01. The van der Waals surface area contributed by atoms with Crippen LogP contribution < -0.4 is 10.5 Å². The Morgan fingerprint density at radius 1 is 1.25 bits per heavy atom. The Bertz CT molecular complexity index is 1180. The Labute approximate surface area is 196 Å². The molecule has 1 aliphatic rings. The molecule has 3 aromatic rings. The number of thiophene rings is 1. The van der Waals surface area contributed by atoms with Crippen molar-refractivity contribution >= 4 is 39.2 Å². The van der Waals surface area contributed by atoms with Gasteiger partial charge in [-0.3, -0.25) is 14.2 Å². The second-order valence-electron chi connectivity index (χ2n) is 8.14. The fourth-order valence-corrected chi connectivity index (χ4v) is 6.04. The molecule has 0 radical (unpaired) electrons. The summed E-state index contributed by atoms with van der Waals surface area (Å²) < 4.78 is 1.63. The van der Waals surface area contributed by atoms with Crippen LogP contribution in [0.1, 0.15) is 16.0 Å². The van der Waals surface area contributed by atoms with Gasteiger partial charge in [0.2, 0.25) is 5.91 Å². The van der Waals surface area contributed by atoms with Gasteiger partial charge in [0.15, 0.2) is 5.16 Å². The van der Waals surface area contributed by atoms with Crippen LogP contribution in [-0.4, -0.2) is 52.3 Å². The number of rotatable bonds is 7. The van der Waals surface area contributed by atoms with Crippen molar-refractivity contribution in [2.45, 2.75) is 32.1 Å². The van der Waals surface area contributed by atoms with Crippen molar-refractivity contribution in [1.82, 2.24) is 14.5 Å². The van der Waals surface area contributed by atoms with E-state index in [9.17, 15) is 9.59 Å². The highest BCUT2D eigenvalue weighted by Gasteiger charge is 2.24. The van der Waals surface area contributed by atoms with Crippen LogP contribution in [0.3, 0.4) is 0 Å². The second kappa shape index (κ2) is 10.0. The number of fused-ring (bicyclic) bond motifs is 1. The number of amides is 1. The molecule has 4 rings (SSSR count). The van der Waals surface area contributed by atoms with E-state index >= 15 is 0 Å². The molecule has 1 fully saturated rings. The summed E-state index contributed by atoms with van der Waals surface area (Å²) in [5.74, 6) is 0.388. The number of piperazine rings is 1. The van der Waals surface area contributed by atoms with Crippen molar-refractivity contribution in [3.8, 4) is 0 Å². The van der Waals surface area contributed by atoms with Gasteiger partial charge in [0.1, 0.15) is 11.4 Å². The summed E-state index contributed by atoms with van der Waals surface area (Å²) in [7, 11) is 0. The van der Waals surface area contributed by atoms with Gasteiger partial charge in [-0.2, -0.15) is 0 Å². The summed E-state index contributed by atoms with van der Waals surface area (Å²) in [4.78, 5) is 36.0. The smallest absolute Gasteiger partial charge is 0.263 e. The molecule has 8 heteroatoms. The summed E-state index contributed by atoms with van der Waals surface area (Å²) in [6.45, 7) is 12.5. The maximum Gasteiger partial charge on any atom is 0.263 e. The lowest BCUT2D eigenvalue weighted by Gasteiger charge is -2.32. The first-order valence-electron chi connectivity index (χ1n) is 10.9. The highest BCUT2D eigenvalue weighted by Crippen LogP contribution is 2.28. The molecule has 32 heavy (non-hydrogen) atoms. The Kier molecular flexibility index (Phi) is 7.13. The molecule has 0 spiro atoms. The lowest BCUT2D eigenvalue weighted by atomic mass is 10.2. The van der Waals surface area contributed by atoms with Gasteiger partial charge in [-0.15, -0.1) is 17.9 Å². The Morgan fingerprint density at radius 2 is 1.97 bits per heavy atom. The molecule has 168 valence electrons. The number of thioether (sulfide) groups is 1. The summed E-state index contributed by atoms with van der Waals surface area (Å²) in [6.07, 6.45) is 1.70. The number of hydrogen-bond donors (Lipinski definition) is 1. The molecular weight excluding hydrogens is 440 g/mol. The first-order chi connectivity index (χ1) is 15.5. The molecule has 3 heterocycles. The molecule has 1 aliphatic heterocycles. The van der Waals surface area contributed by atoms with Crippen molar-refractivity contribution in [2.75, 3.05) is 31.9 Å². The molecular formula is C24H29N4O2S2+. The van der Waals surface area contributed by atoms with Gasteiger partial charge in [-0.25, -0.2) is 4.98 Å². The monoisotopic (exact) mass is 469 g/mol. The Hall–Kier alpha value is -2.42. The summed E-state index contributed by atoms with van der Waals surface area (Å²) in [5, 5.41) is 1.27. The molecule has 0 saturated carbocycles. The Balaban J connectivity index is 1.40. The molecule has 1 N–H and O–H groups in total. The van der Waals surface area contributed by atoms with Gasteiger partial charge in [0, 0.05) is 17.0 Å². The van der Waals surface area contributed by atoms with E-state index in [0.29, 0.717) is 17.1 Å². The van der Waals surface area contributed by atoms with Gasteiger partial charge >= 0.3 is 0 Å². The lowest BCUT2D eigenvalue weighted by Crippen LogP contribution is -3.13. The molecule has 1 saturated heterocycles. The van der Waals surface area contributed by atoms with E-state index in [4.69, 9.17) is 4.98 Å². The highest BCUT2D eigenvalue weighted by molar-refractivity contribution is 7.99. The van der Waals surface area contributed by atoms with Crippen molar-refractivity contribution in [3.63, 3.8) is 0 Å².